The lowest BCUT2D eigenvalue weighted by atomic mass is 10.1. The number of ether oxygens (including phenoxy) is 1. The van der Waals surface area contributed by atoms with E-state index >= 15 is 0 Å². The van der Waals surface area contributed by atoms with Crippen molar-refractivity contribution in [3.63, 3.8) is 0 Å². The Hall–Kier alpha value is -1.59. The van der Waals surface area contributed by atoms with Gasteiger partial charge in [0.1, 0.15) is 0 Å². The highest BCUT2D eigenvalue weighted by Gasteiger charge is 2.46. The average molecular weight is 285 g/mol. The summed E-state index contributed by atoms with van der Waals surface area (Å²) in [4.78, 5) is 23.3. The maximum absolute atomic E-state index is 11.8. The highest BCUT2D eigenvalue weighted by atomic mass is 35.5. The van der Waals surface area contributed by atoms with E-state index in [0.717, 1.165) is 5.56 Å². The molecular weight excluding hydrogens is 268 g/mol. The van der Waals surface area contributed by atoms with Crippen LogP contribution in [0.15, 0.2) is 18.2 Å². The third-order valence-corrected chi connectivity index (χ3v) is 3.15. The van der Waals surface area contributed by atoms with E-state index in [9.17, 15) is 9.59 Å². The van der Waals surface area contributed by atoms with Crippen molar-refractivity contribution >= 4 is 30.0 Å². The predicted molar refractivity (Wildman–Crippen MR) is 74.5 cm³/mol. The Morgan fingerprint density at radius 1 is 1.37 bits per heavy atom. The summed E-state index contributed by atoms with van der Waals surface area (Å²) >= 11 is 0. The number of amides is 1. The number of benzene rings is 1. The van der Waals surface area contributed by atoms with Crippen molar-refractivity contribution < 1.29 is 14.3 Å². The first-order valence-electron chi connectivity index (χ1n) is 5.75. The molecule has 0 aliphatic heterocycles. The number of nitrogens with two attached hydrogens (primary N) is 1. The molecule has 1 fully saturated rings. The van der Waals surface area contributed by atoms with Gasteiger partial charge < -0.3 is 15.8 Å². The third kappa shape index (κ3) is 3.24. The van der Waals surface area contributed by atoms with Crippen LogP contribution in [0, 0.1) is 6.92 Å². The van der Waals surface area contributed by atoms with Crippen molar-refractivity contribution in [3.8, 4) is 0 Å². The number of halogens is 1. The van der Waals surface area contributed by atoms with Gasteiger partial charge in [0.15, 0.2) is 0 Å². The summed E-state index contributed by atoms with van der Waals surface area (Å²) in [5.41, 5.74) is 6.96. The minimum absolute atomic E-state index is 0. The Labute approximate surface area is 117 Å². The molecule has 0 spiro atoms. The highest BCUT2D eigenvalue weighted by Crippen LogP contribution is 2.33. The molecule has 0 aromatic heterocycles. The lowest BCUT2D eigenvalue weighted by Gasteiger charge is -2.13. The minimum atomic E-state index is -0.728. The fraction of sp³-hybridized carbons (Fsp3) is 0.385. The first-order chi connectivity index (χ1) is 8.46. The molecular formula is C13H17ClN2O3. The number of hydrogen-bond acceptors (Lipinski definition) is 4. The third-order valence-electron chi connectivity index (χ3n) is 3.15. The summed E-state index contributed by atoms with van der Waals surface area (Å²) in [5, 5.41) is 2.76. The van der Waals surface area contributed by atoms with Gasteiger partial charge in [-0.25, -0.2) is 4.79 Å². The second-order valence-corrected chi connectivity index (χ2v) is 4.63. The molecule has 2 rings (SSSR count). The molecule has 3 N–H and O–H groups in total. The number of hydrogen-bond donors (Lipinski definition) is 2. The zero-order chi connectivity index (χ0) is 13.3. The highest BCUT2D eigenvalue weighted by molar-refractivity contribution is 6.01. The maximum Gasteiger partial charge on any atom is 0.337 e. The molecule has 5 nitrogen and oxygen atoms in total. The van der Waals surface area contributed by atoms with Crippen LogP contribution >= 0.6 is 12.4 Å². The van der Waals surface area contributed by atoms with Crippen molar-refractivity contribution in [2.75, 3.05) is 12.4 Å². The fourth-order valence-electron chi connectivity index (χ4n) is 1.61. The van der Waals surface area contributed by atoms with Gasteiger partial charge in [0.05, 0.1) is 18.2 Å². The number of carbonyl (C=O) groups excluding carboxylic acids is 2. The van der Waals surface area contributed by atoms with Crippen molar-refractivity contribution in [1.29, 1.82) is 0 Å². The van der Waals surface area contributed by atoms with E-state index in [0.29, 0.717) is 24.1 Å². The monoisotopic (exact) mass is 284 g/mol. The summed E-state index contributed by atoms with van der Waals surface area (Å²) in [6, 6.07) is 5.02. The Morgan fingerprint density at radius 2 is 2.00 bits per heavy atom. The van der Waals surface area contributed by atoms with Crippen LogP contribution in [0.3, 0.4) is 0 Å². The summed E-state index contributed by atoms with van der Waals surface area (Å²) in [6.45, 7) is 1.85. The van der Waals surface area contributed by atoms with Crippen LogP contribution in [-0.2, 0) is 9.53 Å². The lowest BCUT2D eigenvalue weighted by Crippen LogP contribution is -2.38. The van der Waals surface area contributed by atoms with Crippen molar-refractivity contribution in [2.24, 2.45) is 5.73 Å². The maximum atomic E-state index is 11.8. The smallest absolute Gasteiger partial charge is 0.337 e. The Bertz CT molecular complexity index is 513. The molecule has 0 heterocycles. The molecule has 1 aromatic rings. The van der Waals surface area contributed by atoms with E-state index in [1.165, 1.54) is 7.11 Å². The topological polar surface area (TPSA) is 81.4 Å². The van der Waals surface area contributed by atoms with Crippen molar-refractivity contribution in [3.05, 3.63) is 29.3 Å². The van der Waals surface area contributed by atoms with Crippen LogP contribution in [0.2, 0.25) is 0 Å². The van der Waals surface area contributed by atoms with Gasteiger partial charge in [-0.15, -0.1) is 12.4 Å². The van der Waals surface area contributed by atoms with Gasteiger partial charge in [-0.3, -0.25) is 4.79 Å². The molecule has 1 aliphatic carbocycles. The van der Waals surface area contributed by atoms with Gasteiger partial charge in [-0.1, -0.05) is 6.07 Å². The zero-order valence-corrected chi connectivity index (χ0v) is 11.7. The van der Waals surface area contributed by atoms with Gasteiger partial charge in [0, 0.05) is 5.69 Å². The second kappa shape index (κ2) is 5.59. The number of rotatable bonds is 3. The number of esters is 1. The van der Waals surface area contributed by atoms with Gasteiger partial charge >= 0.3 is 5.97 Å². The van der Waals surface area contributed by atoms with E-state index in [4.69, 9.17) is 5.73 Å². The number of carbonyl (C=O) groups is 2. The number of methoxy groups -OCH3 is 1. The summed E-state index contributed by atoms with van der Waals surface area (Å²) in [5.74, 6) is -0.632. The SMILES string of the molecule is COC(=O)c1ccc(C)c(NC(=O)C2(N)CC2)c1.Cl. The standard InChI is InChI=1S/C13H16N2O3.ClH/c1-8-3-4-9(11(16)18-2)7-10(8)15-12(17)13(14)5-6-13;/h3-4,7H,5-6,14H2,1-2H3,(H,15,17);1H. The van der Waals surface area contributed by atoms with Crippen LogP contribution in [0.1, 0.15) is 28.8 Å². The molecule has 104 valence electrons. The molecule has 0 unspecified atom stereocenters. The molecule has 1 saturated carbocycles. The zero-order valence-electron chi connectivity index (χ0n) is 10.9. The van der Waals surface area contributed by atoms with Gasteiger partial charge in [0.2, 0.25) is 5.91 Å². The molecule has 0 saturated heterocycles. The molecule has 0 radical (unpaired) electrons. The van der Waals surface area contributed by atoms with Crippen LogP contribution in [-0.4, -0.2) is 24.5 Å². The van der Waals surface area contributed by atoms with E-state index < -0.39 is 11.5 Å². The largest absolute Gasteiger partial charge is 0.465 e. The van der Waals surface area contributed by atoms with E-state index in [1.807, 2.05) is 6.92 Å². The van der Waals surface area contributed by atoms with E-state index in [-0.39, 0.29) is 18.3 Å². The quantitative estimate of drug-likeness (QED) is 0.827. The van der Waals surface area contributed by atoms with Gasteiger partial charge in [-0.05, 0) is 37.5 Å². The Kier molecular flexibility index (Phi) is 4.55. The fourth-order valence-corrected chi connectivity index (χ4v) is 1.61. The van der Waals surface area contributed by atoms with Crippen molar-refractivity contribution in [2.45, 2.75) is 25.3 Å². The van der Waals surface area contributed by atoms with Crippen LogP contribution in [0.5, 0.6) is 0 Å². The van der Waals surface area contributed by atoms with Crippen LogP contribution in [0.25, 0.3) is 0 Å². The van der Waals surface area contributed by atoms with Crippen molar-refractivity contribution in [1.82, 2.24) is 0 Å². The Morgan fingerprint density at radius 3 is 2.53 bits per heavy atom. The first kappa shape index (κ1) is 15.5. The number of nitrogens with one attached hydrogen (secondary N) is 1. The first-order valence-corrected chi connectivity index (χ1v) is 5.75. The number of anilines is 1. The molecule has 0 bridgehead atoms. The van der Waals surface area contributed by atoms with Crippen LogP contribution in [0.4, 0.5) is 5.69 Å². The molecule has 1 amide bonds. The lowest BCUT2D eigenvalue weighted by molar-refractivity contribution is -0.118. The van der Waals surface area contributed by atoms with Gasteiger partial charge in [0.25, 0.3) is 0 Å². The molecule has 6 heteroatoms. The summed E-state index contributed by atoms with van der Waals surface area (Å²) < 4.78 is 4.64. The molecule has 1 aromatic carbocycles. The molecule has 1 aliphatic rings. The van der Waals surface area contributed by atoms with E-state index in [1.54, 1.807) is 18.2 Å². The molecule has 0 atom stereocenters. The average Bonchev–Trinajstić information content (AvgIpc) is 3.10. The van der Waals surface area contributed by atoms with Crippen LogP contribution < -0.4 is 11.1 Å². The number of aryl methyl sites for hydroxylation is 1. The van der Waals surface area contributed by atoms with E-state index in [2.05, 4.69) is 10.1 Å². The minimum Gasteiger partial charge on any atom is -0.465 e. The Balaban J connectivity index is 0.00000180. The summed E-state index contributed by atoms with van der Waals surface area (Å²) in [6.07, 6.45) is 1.41. The van der Waals surface area contributed by atoms with Gasteiger partial charge in [-0.2, -0.15) is 0 Å². The normalized spacial score (nSPS) is 15.1. The molecule has 19 heavy (non-hydrogen) atoms. The predicted octanol–water partition coefficient (Wildman–Crippen LogP) is 1.63. The second-order valence-electron chi connectivity index (χ2n) is 4.63. The summed E-state index contributed by atoms with van der Waals surface area (Å²) in [7, 11) is 1.32.